The van der Waals surface area contributed by atoms with E-state index in [0.717, 1.165) is 29.3 Å². The molecule has 0 fully saturated rings. The van der Waals surface area contributed by atoms with Gasteiger partial charge in [-0.2, -0.15) is 0 Å². The molecule has 2 rings (SSSR count). The number of hydrogen-bond donors (Lipinski definition) is 1. The fourth-order valence-electron chi connectivity index (χ4n) is 1.89. The quantitative estimate of drug-likeness (QED) is 0.881. The molecule has 1 heterocycles. The van der Waals surface area contributed by atoms with Gasteiger partial charge in [-0.15, -0.1) is 0 Å². The first-order valence-electron chi connectivity index (χ1n) is 5.95. The van der Waals surface area contributed by atoms with Gasteiger partial charge in [-0.05, 0) is 31.0 Å². The summed E-state index contributed by atoms with van der Waals surface area (Å²) in [6.07, 6.45) is 0. The van der Waals surface area contributed by atoms with Gasteiger partial charge in [-0.25, -0.2) is 0 Å². The lowest BCUT2D eigenvalue weighted by Crippen LogP contribution is -2.13. The van der Waals surface area contributed by atoms with Crippen LogP contribution in [0.1, 0.15) is 22.6 Å². The van der Waals surface area contributed by atoms with Gasteiger partial charge in [0, 0.05) is 19.2 Å². The summed E-state index contributed by atoms with van der Waals surface area (Å²) in [5, 5.41) is 7.27. The van der Waals surface area contributed by atoms with E-state index in [1.54, 1.807) is 7.11 Å². The minimum absolute atomic E-state index is 0.711. The predicted molar refractivity (Wildman–Crippen MR) is 69.5 cm³/mol. The molecule has 96 valence electrons. The van der Waals surface area contributed by atoms with Crippen LogP contribution in [0.2, 0.25) is 0 Å². The van der Waals surface area contributed by atoms with Crippen molar-refractivity contribution in [3.63, 3.8) is 0 Å². The monoisotopic (exact) mass is 246 g/mol. The molecule has 0 aliphatic carbocycles. The van der Waals surface area contributed by atoms with Crippen LogP contribution in [0.4, 0.5) is 0 Å². The predicted octanol–water partition coefficient (Wildman–Crippen LogP) is 2.59. The van der Waals surface area contributed by atoms with Crippen LogP contribution in [0.25, 0.3) is 0 Å². The van der Waals surface area contributed by atoms with Crippen LogP contribution in [-0.4, -0.2) is 12.3 Å². The van der Waals surface area contributed by atoms with Crippen LogP contribution in [0.5, 0.6) is 5.75 Å². The number of nitrogens with zero attached hydrogens (tertiary/aromatic N) is 1. The molecular formula is C14H18N2O2. The summed E-state index contributed by atoms with van der Waals surface area (Å²) < 4.78 is 10.2. The molecule has 0 atom stereocenters. The van der Waals surface area contributed by atoms with Crippen molar-refractivity contribution in [2.45, 2.75) is 26.9 Å². The van der Waals surface area contributed by atoms with Crippen molar-refractivity contribution in [3.05, 3.63) is 46.8 Å². The second-order valence-electron chi connectivity index (χ2n) is 4.34. The average molecular weight is 246 g/mol. The third-order valence-corrected chi connectivity index (χ3v) is 2.77. The number of benzene rings is 1. The van der Waals surface area contributed by atoms with Crippen molar-refractivity contribution in [1.29, 1.82) is 0 Å². The number of methoxy groups -OCH3 is 1. The van der Waals surface area contributed by atoms with Crippen molar-refractivity contribution in [1.82, 2.24) is 10.5 Å². The molecule has 1 aromatic carbocycles. The van der Waals surface area contributed by atoms with E-state index in [2.05, 4.69) is 22.6 Å². The maximum atomic E-state index is 5.23. The minimum atomic E-state index is 0.711. The van der Waals surface area contributed by atoms with Crippen molar-refractivity contribution in [2.75, 3.05) is 7.11 Å². The molecular weight excluding hydrogens is 228 g/mol. The summed E-state index contributed by atoms with van der Waals surface area (Å²) in [6.45, 7) is 5.45. The zero-order valence-electron chi connectivity index (χ0n) is 11.0. The molecule has 0 amide bonds. The molecule has 4 heteroatoms. The number of rotatable bonds is 5. The second-order valence-corrected chi connectivity index (χ2v) is 4.34. The Labute approximate surface area is 107 Å². The second kappa shape index (κ2) is 5.69. The van der Waals surface area contributed by atoms with E-state index < -0.39 is 0 Å². The summed E-state index contributed by atoms with van der Waals surface area (Å²) >= 11 is 0. The maximum absolute atomic E-state index is 5.23. The Morgan fingerprint density at radius 2 is 2.06 bits per heavy atom. The van der Waals surface area contributed by atoms with Gasteiger partial charge in [0.2, 0.25) is 0 Å². The molecule has 0 saturated carbocycles. The zero-order valence-corrected chi connectivity index (χ0v) is 11.0. The summed E-state index contributed by atoms with van der Waals surface area (Å²) in [5.41, 5.74) is 3.31. The summed E-state index contributed by atoms with van der Waals surface area (Å²) in [6, 6.07) is 8.12. The first kappa shape index (κ1) is 12.6. The number of ether oxygens (including phenoxy) is 1. The van der Waals surface area contributed by atoms with Crippen LogP contribution >= 0.6 is 0 Å². The third-order valence-electron chi connectivity index (χ3n) is 2.77. The Bertz CT molecular complexity index is 520. The topological polar surface area (TPSA) is 47.3 Å². The van der Waals surface area contributed by atoms with E-state index in [0.29, 0.717) is 6.54 Å². The fraction of sp³-hybridized carbons (Fsp3) is 0.357. The van der Waals surface area contributed by atoms with E-state index in [-0.39, 0.29) is 0 Å². The standard InChI is InChI=1S/C14H18N2O2/c1-10-6-12(4-5-14(10)17-3)8-15-9-13-7-11(2)18-16-13/h4-7,15H,8-9H2,1-3H3. The van der Waals surface area contributed by atoms with E-state index in [1.807, 2.05) is 26.0 Å². The van der Waals surface area contributed by atoms with Crippen molar-refractivity contribution < 1.29 is 9.26 Å². The highest BCUT2D eigenvalue weighted by Crippen LogP contribution is 2.18. The Kier molecular flexibility index (Phi) is 3.99. The largest absolute Gasteiger partial charge is 0.496 e. The lowest BCUT2D eigenvalue weighted by Gasteiger charge is -2.07. The van der Waals surface area contributed by atoms with Gasteiger partial charge >= 0.3 is 0 Å². The molecule has 18 heavy (non-hydrogen) atoms. The highest BCUT2D eigenvalue weighted by Gasteiger charge is 2.02. The number of aromatic nitrogens is 1. The van der Waals surface area contributed by atoms with E-state index >= 15 is 0 Å². The van der Waals surface area contributed by atoms with Crippen LogP contribution in [0.15, 0.2) is 28.8 Å². The molecule has 0 aliphatic heterocycles. The fourth-order valence-corrected chi connectivity index (χ4v) is 1.89. The molecule has 0 bridgehead atoms. The molecule has 4 nitrogen and oxygen atoms in total. The SMILES string of the molecule is COc1ccc(CNCc2cc(C)on2)cc1C. The van der Waals surface area contributed by atoms with Crippen LogP contribution < -0.4 is 10.1 Å². The van der Waals surface area contributed by atoms with Crippen LogP contribution in [0.3, 0.4) is 0 Å². The number of aryl methyl sites for hydroxylation is 2. The van der Waals surface area contributed by atoms with Crippen LogP contribution in [0, 0.1) is 13.8 Å². The zero-order chi connectivity index (χ0) is 13.0. The van der Waals surface area contributed by atoms with Gasteiger partial charge in [0.1, 0.15) is 11.5 Å². The minimum Gasteiger partial charge on any atom is -0.496 e. The van der Waals surface area contributed by atoms with E-state index in [9.17, 15) is 0 Å². The smallest absolute Gasteiger partial charge is 0.133 e. The van der Waals surface area contributed by atoms with Crippen molar-refractivity contribution in [2.24, 2.45) is 0 Å². The Hall–Kier alpha value is -1.81. The molecule has 0 saturated heterocycles. The first-order valence-corrected chi connectivity index (χ1v) is 5.95. The lowest BCUT2D eigenvalue weighted by molar-refractivity contribution is 0.388. The molecule has 1 aromatic heterocycles. The lowest BCUT2D eigenvalue weighted by atomic mass is 10.1. The van der Waals surface area contributed by atoms with Gasteiger partial charge < -0.3 is 14.6 Å². The molecule has 0 unspecified atom stereocenters. The van der Waals surface area contributed by atoms with Crippen molar-refractivity contribution in [3.8, 4) is 5.75 Å². The number of hydrogen-bond acceptors (Lipinski definition) is 4. The molecule has 0 radical (unpaired) electrons. The van der Waals surface area contributed by atoms with Gasteiger partial charge in [0.15, 0.2) is 0 Å². The van der Waals surface area contributed by atoms with Gasteiger partial charge in [0.05, 0.1) is 12.8 Å². The average Bonchev–Trinajstić information content (AvgIpc) is 2.75. The Morgan fingerprint density at radius 3 is 2.67 bits per heavy atom. The Balaban J connectivity index is 1.88. The summed E-state index contributed by atoms with van der Waals surface area (Å²) in [7, 11) is 1.69. The first-order chi connectivity index (χ1) is 8.69. The highest BCUT2D eigenvalue weighted by atomic mass is 16.5. The normalized spacial score (nSPS) is 10.6. The molecule has 2 aromatic rings. The summed E-state index contributed by atoms with van der Waals surface area (Å²) in [4.78, 5) is 0. The number of nitrogens with one attached hydrogen (secondary N) is 1. The third kappa shape index (κ3) is 3.11. The van der Waals surface area contributed by atoms with E-state index in [4.69, 9.17) is 9.26 Å². The molecule has 0 spiro atoms. The Morgan fingerprint density at radius 1 is 1.22 bits per heavy atom. The summed E-state index contributed by atoms with van der Waals surface area (Å²) in [5.74, 6) is 1.76. The highest BCUT2D eigenvalue weighted by molar-refractivity contribution is 5.36. The van der Waals surface area contributed by atoms with Crippen molar-refractivity contribution >= 4 is 0 Å². The van der Waals surface area contributed by atoms with Gasteiger partial charge in [-0.1, -0.05) is 17.3 Å². The van der Waals surface area contributed by atoms with Crippen LogP contribution in [-0.2, 0) is 13.1 Å². The van der Waals surface area contributed by atoms with Gasteiger partial charge in [0.25, 0.3) is 0 Å². The molecule has 1 N–H and O–H groups in total. The van der Waals surface area contributed by atoms with Gasteiger partial charge in [-0.3, -0.25) is 0 Å². The maximum Gasteiger partial charge on any atom is 0.133 e. The van der Waals surface area contributed by atoms with E-state index in [1.165, 1.54) is 5.56 Å². The molecule has 0 aliphatic rings.